The molecule has 0 unspecified atom stereocenters. The van der Waals surface area contributed by atoms with Crippen LogP contribution < -0.4 is 11.1 Å². The molecule has 0 radical (unpaired) electrons. The fourth-order valence-electron chi connectivity index (χ4n) is 3.21. The summed E-state index contributed by atoms with van der Waals surface area (Å²) in [5.41, 5.74) is 9.06. The summed E-state index contributed by atoms with van der Waals surface area (Å²) in [6.45, 7) is 4.59. The zero-order chi connectivity index (χ0) is 14.8. The summed E-state index contributed by atoms with van der Waals surface area (Å²) in [5.74, 6) is 0.111. The number of aryl methyl sites for hydroxylation is 2. The number of carbonyl (C=O) groups is 1. The standard InChI is InChI=1S/C15H26N4O.2ClH/c1-11-13(12(2)19(3)18-11)6-7-14(20)17-15(10-16)8-4-5-9-15;;/h4-10,16H2,1-3H3,(H,17,20);2*1H. The molecule has 5 nitrogen and oxygen atoms in total. The van der Waals surface area contributed by atoms with Crippen LogP contribution >= 0.6 is 24.8 Å². The largest absolute Gasteiger partial charge is 0.349 e. The van der Waals surface area contributed by atoms with Gasteiger partial charge in [0.1, 0.15) is 0 Å². The number of halogens is 2. The minimum absolute atomic E-state index is 0. The maximum absolute atomic E-state index is 12.2. The highest BCUT2D eigenvalue weighted by Crippen LogP contribution is 2.28. The molecule has 128 valence electrons. The number of nitrogens with one attached hydrogen (secondary N) is 1. The van der Waals surface area contributed by atoms with Gasteiger partial charge in [0.05, 0.1) is 11.2 Å². The third-order valence-corrected chi connectivity index (χ3v) is 4.62. The maximum atomic E-state index is 12.2. The van der Waals surface area contributed by atoms with Gasteiger partial charge in [0, 0.05) is 25.7 Å². The van der Waals surface area contributed by atoms with Gasteiger partial charge in [-0.05, 0) is 38.7 Å². The topological polar surface area (TPSA) is 72.9 Å². The first-order valence-electron chi connectivity index (χ1n) is 7.47. The van der Waals surface area contributed by atoms with E-state index >= 15 is 0 Å². The number of hydrogen-bond acceptors (Lipinski definition) is 3. The molecule has 7 heteroatoms. The Hall–Kier alpha value is -0.780. The van der Waals surface area contributed by atoms with Gasteiger partial charge in [0.2, 0.25) is 5.91 Å². The zero-order valence-electron chi connectivity index (χ0n) is 13.6. The van der Waals surface area contributed by atoms with Crippen LogP contribution in [-0.2, 0) is 18.3 Å². The predicted octanol–water partition coefficient (Wildman–Crippen LogP) is 2.20. The number of hydrogen-bond donors (Lipinski definition) is 2. The average Bonchev–Trinajstić information content (AvgIpc) is 2.95. The molecule has 2 rings (SSSR count). The number of carbonyl (C=O) groups excluding carboxylic acids is 1. The van der Waals surface area contributed by atoms with Crippen LogP contribution in [0.25, 0.3) is 0 Å². The second-order valence-corrected chi connectivity index (χ2v) is 6.01. The van der Waals surface area contributed by atoms with E-state index in [-0.39, 0.29) is 36.3 Å². The molecular formula is C15H28Cl2N4O. The highest BCUT2D eigenvalue weighted by Gasteiger charge is 2.33. The van der Waals surface area contributed by atoms with Crippen molar-refractivity contribution in [1.82, 2.24) is 15.1 Å². The molecule has 1 heterocycles. The predicted molar refractivity (Wildman–Crippen MR) is 93.9 cm³/mol. The van der Waals surface area contributed by atoms with E-state index in [0.717, 1.165) is 43.5 Å². The first kappa shape index (κ1) is 21.2. The van der Waals surface area contributed by atoms with Crippen LogP contribution in [0.5, 0.6) is 0 Å². The zero-order valence-corrected chi connectivity index (χ0v) is 15.3. The van der Waals surface area contributed by atoms with Gasteiger partial charge < -0.3 is 11.1 Å². The second kappa shape index (κ2) is 8.75. The molecule has 3 N–H and O–H groups in total. The summed E-state index contributed by atoms with van der Waals surface area (Å²) >= 11 is 0. The van der Waals surface area contributed by atoms with E-state index in [9.17, 15) is 4.79 Å². The molecule has 0 bridgehead atoms. The molecular weight excluding hydrogens is 323 g/mol. The molecule has 0 saturated heterocycles. The lowest BCUT2D eigenvalue weighted by atomic mass is 9.97. The fraction of sp³-hybridized carbons (Fsp3) is 0.733. The first-order valence-corrected chi connectivity index (χ1v) is 7.47. The smallest absolute Gasteiger partial charge is 0.220 e. The number of nitrogens with two attached hydrogens (primary N) is 1. The summed E-state index contributed by atoms with van der Waals surface area (Å²) in [6.07, 6.45) is 5.62. The third kappa shape index (κ3) is 4.61. The Bertz CT molecular complexity index is 496. The molecule has 1 fully saturated rings. The Morgan fingerprint density at radius 1 is 1.32 bits per heavy atom. The van der Waals surface area contributed by atoms with Gasteiger partial charge in [-0.2, -0.15) is 5.10 Å². The van der Waals surface area contributed by atoms with Crippen LogP contribution in [0, 0.1) is 13.8 Å². The Labute approximate surface area is 145 Å². The van der Waals surface area contributed by atoms with Crippen molar-refractivity contribution in [2.75, 3.05) is 6.54 Å². The highest BCUT2D eigenvalue weighted by molar-refractivity contribution is 5.85. The summed E-state index contributed by atoms with van der Waals surface area (Å²) < 4.78 is 1.88. The lowest BCUT2D eigenvalue weighted by Gasteiger charge is -2.28. The summed E-state index contributed by atoms with van der Waals surface area (Å²) in [4.78, 5) is 12.2. The molecule has 22 heavy (non-hydrogen) atoms. The Balaban J connectivity index is 0.00000220. The molecule has 1 aromatic rings. The molecule has 0 spiro atoms. The van der Waals surface area contributed by atoms with Gasteiger partial charge in [0.15, 0.2) is 0 Å². The maximum Gasteiger partial charge on any atom is 0.220 e. The van der Waals surface area contributed by atoms with Crippen LogP contribution in [0.15, 0.2) is 0 Å². The average molecular weight is 351 g/mol. The lowest BCUT2D eigenvalue weighted by molar-refractivity contribution is -0.122. The molecule has 1 aromatic heterocycles. The van der Waals surface area contributed by atoms with Crippen molar-refractivity contribution in [2.45, 2.75) is 57.9 Å². The first-order chi connectivity index (χ1) is 9.47. The Morgan fingerprint density at radius 2 is 1.91 bits per heavy atom. The molecule has 0 aliphatic heterocycles. The lowest BCUT2D eigenvalue weighted by Crippen LogP contribution is -2.51. The Kier molecular flexibility index (Phi) is 8.44. The van der Waals surface area contributed by atoms with Gasteiger partial charge in [0.25, 0.3) is 0 Å². The summed E-state index contributed by atoms with van der Waals surface area (Å²) in [5, 5.41) is 7.55. The van der Waals surface area contributed by atoms with Crippen LogP contribution in [0.4, 0.5) is 0 Å². The second-order valence-electron chi connectivity index (χ2n) is 6.01. The van der Waals surface area contributed by atoms with Gasteiger partial charge in [-0.3, -0.25) is 9.48 Å². The summed E-state index contributed by atoms with van der Waals surface area (Å²) in [6, 6.07) is 0. The summed E-state index contributed by atoms with van der Waals surface area (Å²) in [7, 11) is 1.94. The molecule has 1 aliphatic carbocycles. The highest BCUT2D eigenvalue weighted by atomic mass is 35.5. The van der Waals surface area contributed by atoms with Crippen LogP contribution in [0.3, 0.4) is 0 Å². The van der Waals surface area contributed by atoms with Crippen molar-refractivity contribution >= 4 is 30.7 Å². The molecule has 1 aliphatic rings. The van der Waals surface area contributed by atoms with E-state index in [0.29, 0.717) is 13.0 Å². The fourth-order valence-corrected chi connectivity index (χ4v) is 3.21. The van der Waals surface area contributed by atoms with Crippen molar-refractivity contribution in [3.8, 4) is 0 Å². The van der Waals surface area contributed by atoms with E-state index in [1.807, 2.05) is 25.6 Å². The van der Waals surface area contributed by atoms with E-state index in [1.54, 1.807) is 0 Å². The van der Waals surface area contributed by atoms with E-state index in [2.05, 4.69) is 10.4 Å². The van der Waals surface area contributed by atoms with Gasteiger partial charge >= 0.3 is 0 Å². The van der Waals surface area contributed by atoms with Gasteiger partial charge in [-0.25, -0.2) is 0 Å². The van der Waals surface area contributed by atoms with E-state index < -0.39 is 0 Å². The minimum atomic E-state index is -0.143. The normalized spacial score (nSPS) is 15.8. The van der Waals surface area contributed by atoms with Crippen molar-refractivity contribution in [3.63, 3.8) is 0 Å². The van der Waals surface area contributed by atoms with Crippen LogP contribution in [0.1, 0.15) is 49.1 Å². The number of nitrogens with zero attached hydrogens (tertiary/aromatic N) is 2. The minimum Gasteiger partial charge on any atom is -0.349 e. The molecule has 1 amide bonds. The van der Waals surface area contributed by atoms with Crippen LogP contribution in [0.2, 0.25) is 0 Å². The third-order valence-electron chi connectivity index (χ3n) is 4.62. The SMILES string of the molecule is Cc1nn(C)c(C)c1CCC(=O)NC1(CN)CCCC1.Cl.Cl. The molecule has 0 atom stereocenters. The monoisotopic (exact) mass is 350 g/mol. The van der Waals surface area contributed by atoms with E-state index in [4.69, 9.17) is 5.73 Å². The van der Waals surface area contributed by atoms with Crippen molar-refractivity contribution in [1.29, 1.82) is 0 Å². The molecule has 0 aromatic carbocycles. The number of aromatic nitrogens is 2. The van der Waals surface area contributed by atoms with Crippen LogP contribution in [-0.4, -0.2) is 27.8 Å². The quantitative estimate of drug-likeness (QED) is 0.854. The van der Waals surface area contributed by atoms with E-state index in [1.165, 1.54) is 5.56 Å². The van der Waals surface area contributed by atoms with Crippen molar-refractivity contribution in [3.05, 3.63) is 17.0 Å². The number of amides is 1. The number of rotatable bonds is 5. The van der Waals surface area contributed by atoms with Crippen molar-refractivity contribution < 1.29 is 4.79 Å². The van der Waals surface area contributed by atoms with Crippen molar-refractivity contribution in [2.24, 2.45) is 12.8 Å². The molecule has 1 saturated carbocycles. The Morgan fingerprint density at radius 3 is 2.36 bits per heavy atom. The van der Waals surface area contributed by atoms with Gasteiger partial charge in [-0.15, -0.1) is 24.8 Å². The van der Waals surface area contributed by atoms with Gasteiger partial charge in [-0.1, -0.05) is 12.8 Å².